The zero-order valence-corrected chi connectivity index (χ0v) is 6.53. The van der Waals surface area contributed by atoms with E-state index in [1.807, 2.05) is 6.08 Å². The van der Waals surface area contributed by atoms with Crippen LogP contribution in [0.15, 0.2) is 19.9 Å². The molecule has 40 valence electrons. The van der Waals surface area contributed by atoms with Crippen LogP contribution in [0.1, 0.15) is 0 Å². The van der Waals surface area contributed by atoms with Crippen LogP contribution in [0.3, 0.4) is 0 Å². The van der Waals surface area contributed by atoms with Crippen LogP contribution in [0.5, 0.6) is 0 Å². The zero-order chi connectivity index (χ0) is 4.41. The Kier molecular flexibility index (Phi) is 3.14. The van der Waals surface area contributed by atoms with Gasteiger partial charge >= 0.3 is 46.6 Å². The normalized spacial score (nSPS) is 15.7. The fourth-order valence-electron chi connectivity index (χ4n) is 0.321. The van der Waals surface area contributed by atoms with Gasteiger partial charge in [-0.3, -0.25) is 0 Å². The average molecular weight is 209 g/mol. The second-order valence-electron chi connectivity index (χ2n) is 1.06. The van der Waals surface area contributed by atoms with Crippen LogP contribution in [0.2, 0.25) is 0 Å². The Morgan fingerprint density at radius 2 is 2.29 bits per heavy atom. The van der Waals surface area contributed by atoms with Crippen molar-refractivity contribution >= 4 is 21.6 Å². The Morgan fingerprint density at radius 1 is 1.57 bits per heavy atom. The van der Waals surface area contributed by atoms with E-state index in [2.05, 4.69) is 4.02 Å². The minimum absolute atomic E-state index is 0. The molecule has 0 spiro atoms. The first-order valence-electron chi connectivity index (χ1n) is 1.72. The summed E-state index contributed by atoms with van der Waals surface area (Å²) in [4.78, 5) is 0. The third-order valence-electron chi connectivity index (χ3n) is 0.582. The molecule has 0 aliphatic carbocycles. The molecule has 1 aliphatic heterocycles. The number of rotatable bonds is 0. The van der Waals surface area contributed by atoms with Crippen LogP contribution >= 0.6 is 0 Å². The van der Waals surface area contributed by atoms with E-state index in [1.54, 1.807) is 6.08 Å². The number of hydrogen-bond donors (Lipinski definition) is 1. The van der Waals surface area contributed by atoms with E-state index in [0.29, 0.717) is 3.71 Å². The molecule has 0 radical (unpaired) electrons. The second kappa shape index (κ2) is 3.11. The van der Waals surface area contributed by atoms with Gasteiger partial charge in [0.1, 0.15) is 0 Å². The molecule has 0 aromatic carbocycles. The molecule has 3 N–H and O–H groups in total. The molecule has 0 amide bonds. The molecule has 0 aromatic heterocycles. The fourth-order valence-corrected chi connectivity index (χ4v) is 1.91. The second-order valence-corrected chi connectivity index (χ2v) is 4.29. The standard InChI is InChI=1S/C4H4O.H2O.Sb.H/c1-2-3-4-5;;;/h1-3,5H;1H2;;. The Bertz CT molecular complexity index is 106. The summed E-state index contributed by atoms with van der Waals surface area (Å²) in [5.41, 5.74) is 0. The summed E-state index contributed by atoms with van der Waals surface area (Å²) in [6.07, 6.45) is 3.69. The fraction of sp³-hybridized carbons (Fsp3) is 0. The quantitative estimate of drug-likeness (QED) is 0.538. The summed E-state index contributed by atoms with van der Waals surface area (Å²) in [7, 11) is 0. The van der Waals surface area contributed by atoms with Gasteiger partial charge in [0.15, 0.2) is 0 Å². The molecular formula is C4H7O2Sb. The third kappa shape index (κ3) is 2.00. The van der Waals surface area contributed by atoms with Gasteiger partial charge in [0.25, 0.3) is 0 Å². The summed E-state index contributed by atoms with van der Waals surface area (Å²) in [5, 5.41) is 8.60. The molecule has 0 bridgehead atoms. The first kappa shape index (κ1) is 7.06. The van der Waals surface area contributed by atoms with Gasteiger partial charge < -0.3 is 5.48 Å². The van der Waals surface area contributed by atoms with Gasteiger partial charge in [0.05, 0.1) is 0 Å². The summed E-state index contributed by atoms with van der Waals surface area (Å²) in [6.45, 7) is 0. The molecule has 2 nitrogen and oxygen atoms in total. The van der Waals surface area contributed by atoms with Crippen molar-refractivity contribution in [3.8, 4) is 0 Å². The molecule has 3 heteroatoms. The van der Waals surface area contributed by atoms with Crippen molar-refractivity contribution in [1.82, 2.24) is 0 Å². The third-order valence-corrected chi connectivity index (χ3v) is 2.93. The molecule has 1 aliphatic rings. The average Bonchev–Trinajstić information content (AvgIpc) is 1.86. The van der Waals surface area contributed by atoms with Gasteiger partial charge in [0, 0.05) is 0 Å². The van der Waals surface area contributed by atoms with Crippen molar-refractivity contribution in [2.75, 3.05) is 0 Å². The molecule has 0 saturated carbocycles. The zero-order valence-electron chi connectivity index (χ0n) is 3.68. The monoisotopic (exact) mass is 208 g/mol. The summed E-state index contributed by atoms with van der Waals surface area (Å²) < 4.78 is 2.72. The van der Waals surface area contributed by atoms with Crippen molar-refractivity contribution in [3.63, 3.8) is 0 Å². The predicted octanol–water partition coefficient (Wildman–Crippen LogP) is -0.475. The van der Waals surface area contributed by atoms with E-state index < -0.39 is 21.6 Å². The van der Waals surface area contributed by atoms with E-state index in [0.717, 1.165) is 0 Å². The number of aliphatic hydroxyl groups excluding tert-OH is 1. The molecule has 0 atom stereocenters. The first-order chi connectivity index (χ1) is 2.89. The van der Waals surface area contributed by atoms with Gasteiger partial charge in [0.2, 0.25) is 0 Å². The maximum absolute atomic E-state index is 8.60. The number of hydrogen-bond acceptors (Lipinski definition) is 1. The molecule has 0 saturated heterocycles. The van der Waals surface area contributed by atoms with E-state index in [1.165, 1.54) is 0 Å². The van der Waals surface area contributed by atoms with Crippen LogP contribution in [0, 0.1) is 0 Å². The molecular weight excluding hydrogens is 202 g/mol. The molecule has 7 heavy (non-hydrogen) atoms. The molecule has 0 fully saturated rings. The van der Waals surface area contributed by atoms with E-state index in [9.17, 15) is 0 Å². The van der Waals surface area contributed by atoms with Crippen LogP contribution in [0.4, 0.5) is 0 Å². The molecule has 1 rings (SSSR count). The summed E-state index contributed by atoms with van der Waals surface area (Å²) in [6, 6.07) is 0. The number of aliphatic hydroxyl groups is 1. The Hall–Kier alpha value is 0.0582. The summed E-state index contributed by atoms with van der Waals surface area (Å²) in [5.74, 6) is 0. The minimum atomic E-state index is -0.524. The van der Waals surface area contributed by atoms with Gasteiger partial charge in [-0.2, -0.15) is 0 Å². The van der Waals surface area contributed by atoms with Gasteiger partial charge in [-0.05, 0) is 0 Å². The maximum atomic E-state index is 8.60. The molecule has 0 aromatic rings. The van der Waals surface area contributed by atoms with Crippen LogP contribution in [0.25, 0.3) is 0 Å². The predicted molar refractivity (Wildman–Crippen MR) is 30.6 cm³/mol. The van der Waals surface area contributed by atoms with Crippen LogP contribution in [-0.2, 0) is 0 Å². The van der Waals surface area contributed by atoms with Gasteiger partial charge in [-0.15, -0.1) is 0 Å². The van der Waals surface area contributed by atoms with Crippen molar-refractivity contribution in [1.29, 1.82) is 0 Å². The number of allylic oxidation sites excluding steroid dienone is 2. The van der Waals surface area contributed by atoms with Crippen molar-refractivity contribution < 1.29 is 10.6 Å². The van der Waals surface area contributed by atoms with E-state index in [-0.39, 0.29) is 5.48 Å². The SMILES string of the molecule is O.O[C]1=CC=[CH][SbH]1. The summed E-state index contributed by atoms with van der Waals surface area (Å²) >= 11 is -0.524. The van der Waals surface area contributed by atoms with Crippen molar-refractivity contribution in [2.45, 2.75) is 0 Å². The van der Waals surface area contributed by atoms with Crippen LogP contribution < -0.4 is 0 Å². The van der Waals surface area contributed by atoms with E-state index >= 15 is 0 Å². The Balaban J connectivity index is 0.000000360. The molecule has 1 heterocycles. The molecule has 0 unspecified atom stereocenters. The van der Waals surface area contributed by atoms with Crippen molar-refractivity contribution in [3.05, 3.63) is 19.9 Å². The van der Waals surface area contributed by atoms with Crippen molar-refractivity contribution in [2.24, 2.45) is 0 Å². The van der Waals surface area contributed by atoms with E-state index in [4.69, 9.17) is 5.11 Å². The first-order valence-corrected chi connectivity index (χ1v) is 4.79. The van der Waals surface area contributed by atoms with Gasteiger partial charge in [-0.1, -0.05) is 0 Å². The van der Waals surface area contributed by atoms with Crippen LogP contribution in [-0.4, -0.2) is 32.2 Å². The van der Waals surface area contributed by atoms with Gasteiger partial charge in [-0.25, -0.2) is 0 Å². The Morgan fingerprint density at radius 3 is 2.43 bits per heavy atom. The topological polar surface area (TPSA) is 51.7 Å². The Labute approximate surface area is 52.4 Å².